The number of carboxylic acids is 1. The molecule has 0 radical (unpaired) electrons. The maximum absolute atomic E-state index is 10.7. The van der Waals surface area contributed by atoms with E-state index in [1.807, 2.05) is 42.3 Å². The number of benzene rings is 1. The van der Waals surface area contributed by atoms with E-state index in [1.54, 1.807) is 18.3 Å². The highest BCUT2D eigenvalue weighted by Gasteiger charge is 2.08. The van der Waals surface area contributed by atoms with Crippen molar-refractivity contribution in [1.82, 2.24) is 4.98 Å². The van der Waals surface area contributed by atoms with Gasteiger partial charge >= 0.3 is 5.97 Å². The van der Waals surface area contributed by atoms with Crippen molar-refractivity contribution >= 4 is 33.8 Å². The molecular formula is C16H15BrN2O2. The number of aromatic nitrogens is 1. The molecule has 1 aromatic carbocycles. The van der Waals surface area contributed by atoms with Crippen LogP contribution in [0.3, 0.4) is 0 Å². The summed E-state index contributed by atoms with van der Waals surface area (Å²) >= 11 is 3.45. The lowest BCUT2D eigenvalue weighted by Crippen LogP contribution is -2.18. The number of hydrogen-bond acceptors (Lipinski definition) is 3. The molecule has 4 nitrogen and oxygen atoms in total. The fourth-order valence-corrected chi connectivity index (χ4v) is 2.45. The molecule has 0 aliphatic heterocycles. The van der Waals surface area contributed by atoms with Crippen molar-refractivity contribution in [1.29, 1.82) is 0 Å². The average molecular weight is 347 g/mol. The molecule has 1 aromatic heterocycles. The van der Waals surface area contributed by atoms with Gasteiger partial charge in [-0.05, 0) is 35.9 Å². The number of aliphatic carboxylic acids is 1. The van der Waals surface area contributed by atoms with Gasteiger partial charge in [0.05, 0.1) is 0 Å². The zero-order valence-electron chi connectivity index (χ0n) is 11.5. The first-order valence-corrected chi connectivity index (χ1v) is 7.17. The maximum atomic E-state index is 10.7. The zero-order valence-corrected chi connectivity index (χ0v) is 13.1. The van der Waals surface area contributed by atoms with E-state index < -0.39 is 5.97 Å². The molecular weight excluding hydrogens is 332 g/mol. The molecule has 5 heteroatoms. The number of halogens is 1. The molecule has 21 heavy (non-hydrogen) atoms. The molecule has 0 atom stereocenters. The average Bonchev–Trinajstić information content (AvgIpc) is 2.45. The van der Waals surface area contributed by atoms with Crippen LogP contribution in [0.25, 0.3) is 6.08 Å². The Hall–Kier alpha value is -2.14. The van der Waals surface area contributed by atoms with Crippen LogP contribution in [0, 0.1) is 0 Å². The van der Waals surface area contributed by atoms with Crippen molar-refractivity contribution in [2.75, 3.05) is 11.9 Å². The van der Waals surface area contributed by atoms with Crippen LogP contribution in [0.4, 0.5) is 5.82 Å². The van der Waals surface area contributed by atoms with E-state index in [-0.39, 0.29) is 0 Å². The lowest BCUT2D eigenvalue weighted by molar-refractivity contribution is -0.131. The summed E-state index contributed by atoms with van der Waals surface area (Å²) < 4.78 is 1.03. The molecule has 0 spiro atoms. The van der Waals surface area contributed by atoms with Gasteiger partial charge in [-0.15, -0.1) is 0 Å². The van der Waals surface area contributed by atoms with Gasteiger partial charge < -0.3 is 10.0 Å². The van der Waals surface area contributed by atoms with E-state index in [4.69, 9.17) is 5.11 Å². The van der Waals surface area contributed by atoms with E-state index in [2.05, 4.69) is 20.9 Å². The van der Waals surface area contributed by atoms with Gasteiger partial charge in [-0.2, -0.15) is 0 Å². The van der Waals surface area contributed by atoms with Crippen LogP contribution in [0.2, 0.25) is 0 Å². The number of pyridine rings is 1. The lowest BCUT2D eigenvalue weighted by Gasteiger charge is -2.20. The van der Waals surface area contributed by atoms with Crippen molar-refractivity contribution in [3.63, 3.8) is 0 Å². The molecule has 0 saturated carbocycles. The molecule has 0 bridgehead atoms. The normalized spacial score (nSPS) is 10.8. The predicted octanol–water partition coefficient (Wildman–Crippen LogP) is 3.58. The van der Waals surface area contributed by atoms with Crippen molar-refractivity contribution < 1.29 is 9.90 Å². The molecule has 2 aromatic rings. The highest BCUT2D eigenvalue weighted by Crippen LogP contribution is 2.20. The van der Waals surface area contributed by atoms with Gasteiger partial charge in [-0.3, -0.25) is 0 Å². The number of nitrogens with zero attached hydrogens (tertiary/aromatic N) is 2. The molecule has 0 fully saturated rings. The quantitative estimate of drug-likeness (QED) is 0.840. The van der Waals surface area contributed by atoms with Crippen LogP contribution in [0.15, 0.2) is 53.1 Å². The maximum Gasteiger partial charge on any atom is 0.328 e. The van der Waals surface area contributed by atoms with E-state index in [9.17, 15) is 4.79 Å². The van der Waals surface area contributed by atoms with Crippen molar-refractivity contribution in [3.8, 4) is 0 Å². The zero-order chi connectivity index (χ0) is 15.2. The Labute approximate surface area is 131 Å². The van der Waals surface area contributed by atoms with Gasteiger partial charge in [-0.25, -0.2) is 9.78 Å². The Bertz CT molecular complexity index is 671. The third kappa shape index (κ3) is 4.43. The van der Waals surface area contributed by atoms with Crippen molar-refractivity contribution in [3.05, 3.63) is 64.3 Å². The van der Waals surface area contributed by atoms with Crippen LogP contribution >= 0.6 is 15.9 Å². The first kappa shape index (κ1) is 15.3. The molecule has 108 valence electrons. The van der Waals surface area contributed by atoms with Gasteiger partial charge in [0.2, 0.25) is 0 Å². The first-order chi connectivity index (χ1) is 10.1. The van der Waals surface area contributed by atoms with Gasteiger partial charge in [0.1, 0.15) is 5.82 Å². The summed E-state index contributed by atoms with van der Waals surface area (Å²) in [5, 5.41) is 8.74. The summed E-state index contributed by atoms with van der Waals surface area (Å²) in [7, 11) is 1.93. The van der Waals surface area contributed by atoms with E-state index in [0.29, 0.717) is 6.54 Å². The SMILES string of the molecule is CN(Cc1cccc(Br)c1)c1ncccc1/C=C/C(=O)O. The second kappa shape index (κ2) is 7.04. The standard InChI is InChI=1S/C16H15BrN2O2/c1-19(11-12-4-2-6-14(17)10-12)16-13(5-3-9-18-16)7-8-15(20)21/h2-10H,11H2,1H3,(H,20,21)/b8-7+. The fraction of sp³-hybridized carbons (Fsp3) is 0.125. The number of carbonyl (C=O) groups is 1. The smallest absolute Gasteiger partial charge is 0.328 e. The predicted molar refractivity (Wildman–Crippen MR) is 87.2 cm³/mol. The second-order valence-electron chi connectivity index (χ2n) is 4.57. The van der Waals surface area contributed by atoms with Gasteiger partial charge in [0.15, 0.2) is 0 Å². The summed E-state index contributed by atoms with van der Waals surface area (Å²) in [4.78, 5) is 17.0. The number of hydrogen-bond donors (Lipinski definition) is 1. The molecule has 0 unspecified atom stereocenters. The highest BCUT2D eigenvalue weighted by atomic mass is 79.9. The topological polar surface area (TPSA) is 53.4 Å². The Morgan fingerprint density at radius 3 is 2.90 bits per heavy atom. The van der Waals surface area contributed by atoms with Crippen LogP contribution in [0.1, 0.15) is 11.1 Å². The second-order valence-corrected chi connectivity index (χ2v) is 5.49. The largest absolute Gasteiger partial charge is 0.478 e. The highest BCUT2D eigenvalue weighted by molar-refractivity contribution is 9.10. The van der Waals surface area contributed by atoms with E-state index in [1.165, 1.54) is 0 Å². The third-order valence-corrected chi connectivity index (χ3v) is 3.39. The summed E-state index contributed by atoms with van der Waals surface area (Å²) in [6.07, 6.45) is 4.38. The molecule has 0 saturated heterocycles. The molecule has 2 rings (SSSR count). The minimum absolute atomic E-state index is 0.685. The summed E-state index contributed by atoms with van der Waals surface area (Å²) in [5.41, 5.74) is 1.92. The van der Waals surface area contributed by atoms with Gasteiger partial charge in [0.25, 0.3) is 0 Å². The summed E-state index contributed by atoms with van der Waals surface area (Å²) in [5.74, 6) is -0.227. The molecule has 1 N–H and O–H groups in total. The number of anilines is 1. The Kier molecular flexibility index (Phi) is 5.11. The summed E-state index contributed by atoms with van der Waals surface area (Å²) in [6, 6.07) is 11.7. The van der Waals surface area contributed by atoms with Crippen LogP contribution < -0.4 is 4.90 Å². The van der Waals surface area contributed by atoms with Gasteiger partial charge in [0, 0.05) is 35.9 Å². The lowest BCUT2D eigenvalue weighted by atomic mass is 10.2. The Morgan fingerprint density at radius 2 is 2.19 bits per heavy atom. The monoisotopic (exact) mass is 346 g/mol. The third-order valence-electron chi connectivity index (χ3n) is 2.89. The molecule has 0 amide bonds. The Balaban J connectivity index is 2.23. The molecule has 1 heterocycles. The van der Waals surface area contributed by atoms with Crippen molar-refractivity contribution in [2.45, 2.75) is 6.54 Å². The minimum Gasteiger partial charge on any atom is -0.478 e. The molecule has 0 aliphatic carbocycles. The number of carboxylic acid groups (broad SMARTS) is 1. The summed E-state index contributed by atoms with van der Waals surface area (Å²) in [6.45, 7) is 0.685. The van der Waals surface area contributed by atoms with Crippen LogP contribution in [-0.4, -0.2) is 23.1 Å². The van der Waals surface area contributed by atoms with Crippen molar-refractivity contribution in [2.24, 2.45) is 0 Å². The van der Waals surface area contributed by atoms with Crippen LogP contribution in [-0.2, 0) is 11.3 Å². The first-order valence-electron chi connectivity index (χ1n) is 6.38. The van der Waals surface area contributed by atoms with E-state index in [0.717, 1.165) is 27.5 Å². The fourth-order valence-electron chi connectivity index (χ4n) is 2.00. The van der Waals surface area contributed by atoms with Crippen LogP contribution in [0.5, 0.6) is 0 Å². The minimum atomic E-state index is -0.973. The Morgan fingerprint density at radius 1 is 1.38 bits per heavy atom. The van der Waals surface area contributed by atoms with Gasteiger partial charge in [-0.1, -0.05) is 28.1 Å². The molecule has 0 aliphatic rings. The number of rotatable bonds is 5. The van der Waals surface area contributed by atoms with E-state index >= 15 is 0 Å².